The van der Waals surface area contributed by atoms with E-state index in [0.29, 0.717) is 12.4 Å². The van der Waals surface area contributed by atoms with Crippen LogP contribution in [0.4, 0.5) is 11.5 Å². The lowest BCUT2D eigenvalue weighted by molar-refractivity contribution is 0.00251. The second kappa shape index (κ2) is 12.7. The van der Waals surface area contributed by atoms with Crippen LogP contribution in [-0.2, 0) is 11.2 Å². The Morgan fingerprint density at radius 1 is 1.14 bits per heavy atom. The van der Waals surface area contributed by atoms with E-state index in [4.69, 9.17) is 20.6 Å². The molecule has 1 atom stereocenters. The van der Waals surface area contributed by atoms with Crippen molar-refractivity contribution in [1.29, 1.82) is 0 Å². The summed E-state index contributed by atoms with van der Waals surface area (Å²) in [5, 5.41) is 10.2. The van der Waals surface area contributed by atoms with Crippen molar-refractivity contribution >= 4 is 33.4 Å². The van der Waals surface area contributed by atoms with Crippen LogP contribution in [0.5, 0.6) is 0 Å². The van der Waals surface area contributed by atoms with Crippen LogP contribution in [0.15, 0.2) is 18.2 Å². The molecule has 4 rings (SSSR count). The van der Waals surface area contributed by atoms with Crippen molar-refractivity contribution in [2.75, 3.05) is 57.1 Å². The first kappa shape index (κ1) is 28.2. The molecule has 0 saturated carbocycles. The zero-order valence-electron chi connectivity index (χ0n) is 23.1. The van der Waals surface area contributed by atoms with Crippen LogP contribution in [0, 0.1) is 5.41 Å². The van der Waals surface area contributed by atoms with Gasteiger partial charge in [-0.15, -0.1) is 0 Å². The monoisotopic (exact) mass is 498 g/mol. The van der Waals surface area contributed by atoms with Crippen molar-refractivity contribution in [2.24, 2.45) is 5.41 Å². The summed E-state index contributed by atoms with van der Waals surface area (Å²) in [7, 11) is 1.64. The van der Waals surface area contributed by atoms with E-state index in [1.165, 1.54) is 18.7 Å². The standard InChI is InChI=1S/C21H30N6.C7H16O2/c1-3-5-6-18-24-19-16-8-7-15(14-17(16)23-21(22)20(19)25-18)27-12-10-26(9-4-2)11-13-27;1-6(8)7(2,3)5-9-4/h7-8,14H,3-6,9-13H2,1-2H3,(H2,22,23)(H,24,25);6,8H,5H2,1-4H3. The van der Waals surface area contributed by atoms with Crippen molar-refractivity contribution in [3.8, 4) is 0 Å². The SMILES string of the molecule is CCCCc1nc2c([nH]1)c(N)nc1cc(N3CCN(CCC)CC3)ccc12.COCC(C)(C)C(C)O. The number of hydrogen-bond donors (Lipinski definition) is 3. The topological polar surface area (TPSA) is 104 Å². The lowest BCUT2D eigenvalue weighted by Gasteiger charge is -2.36. The number of anilines is 2. The summed E-state index contributed by atoms with van der Waals surface area (Å²) in [6.07, 6.45) is 4.14. The van der Waals surface area contributed by atoms with Gasteiger partial charge in [0.25, 0.3) is 0 Å². The fourth-order valence-electron chi connectivity index (χ4n) is 4.50. The Morgan fingerprint density at radius 2 is 1.86 bits per heavy atom. The van der Waals surface area contributed by atoms with Crippen molar-refractivity contribution in [1.82, 2.24) is 19.9 Å². The highest BCUT2D eigenvalue weighted by Gasteiger charge is 2.23. The summed E-state index contributed by atoms with van der Waals surface area (Å²) < 4.78 is 4.91. The number of fused-ring (bicyclic) bond motifs is 3. The van der Waals surface area contributed by atoms with Crippen LogP contribution in [-0.4, -0.2) is 77.5 Å². The van der Waals surface area contributed by atoms with E-state index in [1.807, 2.05) is 13.8 Å². The molecule has 0 radical (unpaired) electrons. The molecular weight excluding hydrogens is 452 g/mol. The number of methoxy groups -OCH3 is 1. The van der Waals surface area contributed by atoms with Crippen LogP contribution in [0.3, 0.4) is 0 Å². The van der Waals surface area contributed by atoms with Gasteiger partial charge in [0.1, 0.15) is 22.7 Å². The zero-order chi connectivity index (χ0) is 26.3. The highest BCUT2D eigenvalue weighted by Crippen LogP contribution is 2.30. The largest absolute Gasteiger partial charge is 0.393 e. The highest BCUT2D eigenvalue weighted by atomic mass is 16.5. The maximum Gasteiger partial charge on any atom is 0.150 e. The Bertz CT molecular complexity index is 1100. The number of aromatic amines is 1. The molecule has 4 N–H and O–H groups in total. The van der Waals surface area contributed by atoms with E-state index < -0.39 is 0 Å². The molecule has 1 fully saturated rings. The third-order valence-electron chi connectivity index (χ3n) is 7.18. The first-order chi connectivity index (χ1) is 17.2. The van der Waals surface area contributed by atoms with E-state index in [2.05, 4.69) is 51.8 Å². The molecule has 3 heterocycles. The van der Waals surface area contributed by atoms with Gasteiger partial charge in [-0.05, 0) is 44.5 Å². The predicted molar refractivity (Wildman–Crippen MR) is 151 cm³/mol. The zero-order valence-corrected chi connectivity index (χ0v) is 23.1. The molecule has 1 aliphatic heterocycles. The average molecular weight is 499 g/mol. The number of aryl methyl sites for hydroxylation is 1. The number of aromatic nitrogens is 3. The van der Waals surface area contributed by atoms with Gasteiger partial charge in [-0.1, -0.05) is 34.1 Å². The Balaban J connectivity index is 0.000000345. The number of nitrogen functional groups attached to an aromatic ring is 1. The third-order valence-corrected chi connectivity index (χ3v) is 7.18. The van der Waals surface area contributed by atoms with Crippen molar-refractivity contribution in [3.05, 3.63) is 24.0 Å². The predicted octanol–water partition coefficient (Wildman–Crippen LogP) is 4.61. The number of aliphatic hydroxyl groups excluding tert-OH is 1. The minimum Gasteiger partial charge on any atom is -0.393 e. The second-order valence-corrected chi connectivity index (χ2v) is 10.6. The molecule has 8 heteroatoms. The number of aliphatic hydroxyl groups is 1. The number of benzene rings is 1. The number of nitrogens with one attached hydrogen (secondary N) is 1. The number of hydrogen-bond acceptors (Lipinski definition) is 7. The summed E-state index contributed by atoms with van der Waals surface area (Å²) in [5.41, 5.74) is 10.1. The normalized spacial score (nSPS) is 15.8. The minimum atomic E-state index is -0.308. The maximum absolute atomic E-state index is 9.13. The van der Waals surface area contributed by atoms with Gasteiger partial charge in [0, 0.05) is 56.2 Å². The van der Waals surface area contributed by atoms with E-state index >= 15 is 0 Å². The fourth-order valence-corrected chi connectivity index (χ4v) is 4.50. The number of nitrogens with zero attached hydrogens (tertiary/aromatic N) is 4. The number of H-pyrrole nitrogens is 1. The molecule has 1 aromatic carbocycles. The van der Waals surface area contributed by atoms with Gasteiger partial charge >= 0.3 is 0 Å². The van der Waals surface area contributed by atoms with Gasteiger partial charge in [-0.25, -0.2) is 9.97 Å². The first-order valence-electron chi connectivity index (χ1n) is 13.4. The molecule has 1 unspecified atom stereocenters. The summed E-state index contributed by atoms with van der Waals surface area (Å²) in [5.74, 6) is 1.54. The second-order valence-electron chi connectivity index (χ2n) is 10.6. The lowest BCUT2D eigenvalue weighted by Crippen LogP contribution is -2.46. The Kier molecular flexibility index (Phi) is 9.93. The Morgan fingerprint density at radius 3 is 2.44 bits per heavy atom. The van der Waals surface area contributed by atoms with Crippen LogP contribution < -0.4 is 10.6 Å². The third kappa shape index (κ3) is 6.87. The van der Waals surface area contributed by atoms with Crippen molar-refractivity contribution in [2.45, 2.75) is 66.4 Å². The number of rotatable bonds is 9. The van der Waals surface area contributed by atoms with E-state index in [1.54, 1.807) is 14.0 Å². The minimum absolute atomic E-state index is 0.116. The van der Waals surface area contributed by atoms with Gasteiger partial charge in [-0.2, -0.15) is 0 Å². The van der Waals surface area contributed by atoms with E-state index in [0.717, 1.165) is 73.2 Å². The molecule has 200 valence electrons. The molecule has 8 nitrogen and oxygen atoms in total. The van der Waals surface area contributed by atoms with Crippen LogP contribution in [0.1, 0.15) is 59.7 Å². The number of piperazine rings is 1. The summed E-state index contributed by atoms with van der Waals surface area (Å²) in [6, 6.07) is 6.53. The van der Waals surface area contributed by atoms with Gasteiger partial charge < -0.3 is 25.5 Å². The highest BCUT2D eigenvalue weighted by molar-refractivity contribution is 6.06. The molecule has 0 spiro atoms. The van der Waals surface area contributed by atoms with E-state index in [-0.39, 0.29) is 11.5 Å². The molecule has 0 bridgehead atoms. The number of unbranched alkanes of at least 4 members (excludes halogenated alkanes) is 1. The number of nitrogens with two attached hydrogens (primary N) is 1. The fraction of sp³-hybridized carbons (Fsp3) is 0.643. The first-order valence-corrected chi connectivity index (χ1v) is 13.4. The van der Waals surface area contributed by atoms with Gasteiger partial charge in [0.05, 0.1) is 18.2 Å². The van der Waals surface area contributed by atoms with E-state index in [9.17, 15) is 0 Å². The molecule has 2 aromatic heterocycles. The van der Waals surface area contributed by atoms with Gasteiger partial charge in [0.2, 0.25) is 0 Å². The quantitative estimate of drug-likeness (QED) is 0.396. The smallest absolute Gasteiger partial charge is 0.150 e. The molecular formula is C28H46N6O2. The molecule has 3 aromatic rings. The van der Waals surface area contributed by atoms with Crippen LogP contribution in [0.2, 0.25) is 0 Å². The molecule has 36 heavy (non-hydrogen) atoms. The average Bonchev–Trinajstić information content (AvgIpc) is 3.29. The molecule has 1 aliphatic rings. The number of imidazole rings is 1. The summed E-state index contributed by atoms with van der Waals surface area (Å²) >= 11 is 0. The Hall–Kier alpha value is -2.42. The number of ether oxygens (including phenoxy) is 1. The van der Waals surface area contributed by atoms with Crippen molar-refractivity contribution in [3.63, 3.8) is 0 Å². The van der Waals surface area contributed by atoms with Crippen LogP contribution >= 0.6 is 0 Å². The van der Waals surface area contributed by atoms with Gasteiger partial charge in [0.15, 0.2) is 0 Å². The van der Waals surface area contributed by atoms with Gasteiger partial charge in [-0.3, -0.25) is 4.90 Å². The lowest BCUT2D eigenvalue weighted by atomic mass is 9.89. The van der Waals surface area contributed by atoms with Crippen LogP contribution in [0.25, 0.3) is 21.9 Å². The molecule has 0 amide bonds. The summed E-state index contributed by atoms with van der Waals surface area (Å²) in [4.78, 5) is 17.8. The maximum atomic E-state index is 9.13. The summed E-state index contributed by atoms with van der Waals surface area (Å²) in [6.45, 7) is 16.3. The van der Waals surface area contributed by atoms with Crippen molar-refractivity contribution < 1.29 is 9.84 Å². The molecule has 1 saturated heterocycles. The molecule has 0 aliphatic carbocycles. The Labute approximate surface area is 216 Å². The number of pyridine rings is 1.